The number of nitrogens with zero attached hydrogens (tertiary/aromatic N) is 3. The molecule has 0 aliphatic heterocycles. The first-order chi connectivity index (χ1) is 11.7. The predicted molar refractivity (Wildman–Crippen MR) is 82.5 cm³/mol. The van der Waals surface area contributed by atoms with Crippen molar-refractivity contribution < 1.29 is 22.1 Å². The quantitative estimate of drug-likeness (QED) is 0.571. The molecule has 8 heteroatoms. The topological polar surface area (TPSA) is 62.7 Å². The Morgan fingerprint density at radius 3 is 2.60 bits per heavy atom. The number of hydrogen-bond donors (Lipinski definition) is 0. The van der Waals surface area contributed by atoms with Gasteiger partial charge < -0.3 is 4.52 Å². The second-order valence-corrected chi connectivity index (χ2v) is 4.86. The number of nitriles is 1. The highest BCUT2D eigenvalue weighted by atomic mass is 19.4. The summed E-state index contributed by atoms with van der Waals surface area (Å²) in [4.78, 5) is 3.94. The Balaban J connectivity index is 2.38. The van der Waals surface area contributed by atoms with Crippen LogP contribution in [-0.4, -0.2) is 10.1 Å². The van der Waals surface area contributed by atoms with Crippen molar-refractivity contribution >= 4 is 5.57 Å². The van der Waals surface area contributed by atoms with Crippen LogP contribution >= 0.6 is 0 Å². The summed E-state index contributed by atoms with van der Waals surface area (Å²) in [6.07, 6.45) is -0.953. The van der Waals surface area contributed by atoms with Crippen molar-refractivity contribution in [2.24, 2.45) is 0 Å². The van der Waals surface area contributed by atoms with Gasteiger partial charge in [-0.1, -0.05) is 17.8 Å². The van der Waals surface area contributed by atoms with Crippen LogP contribution < -0.4 is 0 Å². The monoisotopic (exact) mass is 349 g/mol. The molecule has 4 nitrogen and oxygen atoms in total. The van der Waals surface area contributed by atoms with Crippen molar-refractivity contribution in [2.75, 3.05) is 0 Å². The molecule has 0 fully saturated rings. The third-order valence-corrected chi connectivity index (χ3v) is 3.07. The minimum Gasteiger partial charge on any atom is -0.334 e. The number of allylic oxidation sites excluding steroid dienone is 5. The molecule has 0 radical (unpaired) electrons. The Hall–Kier alpha value is -3.21. The second kappa shape index (κ2) is 7.13. The lowest BCUT2D eigenvalue weighted by atomic mass is 10.1. The normalized spacial score (nSPS) is 12.4. The molecule has 25 heavy (non-hydrogen) atoms. The summed E-state index contributed by atoms with van der Waals surface area (Å²) >= 11 is 0. The van der Waals surface area contributed by atoms with Crippen molar-refractivity contribution in [3.05, 3.63) is 65.8 Å². The van der Waals surface area contributed by atoms with Gasteiger partial charge in [0.1, 0.15) is 5.83 Å². The number of hydrogen-bond acceptors (Lipinski definition) is 4. The first kappa shape index (κ1) is 18.1. The molecule has 1 aromatic heterocycles. The van der Waals surface area contributed by atoms with Gasteiger partial charge in [0.05, 0.1) is 17.2 Å². The molecule has 1 heterocycles. The van der Waals surface area contributed by atoms with Gasteiger partial charge in [-0.05, 0) is 37.3 Å². The van der Waals surface area contributed by atoms with Crippen LogP contribution in [0.1, 0.15) is 23.9 Å². The predicted octanol–water partition coefficient (Wildman–Crippen LogP) is 5.07. The third-order valence-electron chi connectivity index (χ3n) is 3.07. The summed E-state index contributed by atoms with van der Waals surface area (Å²) in [6.45, 7) is 5.14. The smallest absolute Gasteiger partial charge is 0.334 e. The maximum atomic E-state index is 13.0. The molecule has 0 amide bonds. The first-order valence-electron chi connectivity index (χ1n) is 6.90. The lowest BCUT2D eigenvalue weighted by molar-refractivity contribution is -0.137. The number of alkyl halides is 3. The summed E-state index contributed by atoms with van der Waals surface area (Å²) in [7, 11) is 0. The van der Waals surface area contributed by atoms with Gasteiger partial charge in [0, 0.05) is 11.1 Å². The fourth-order valence-corrected chi connectivity index (χ4v) is 1.80. The van der Waals surface area contributed by atoms with E-state index in [2.05, 4.69) is 16.7 Å². The summed E-state index contributed by atoms with van der Waals surface area (Å²) in [5, 5.41) is 12.5. The highest BCUT2D eigenvalue weighted by Gasteiger charge is 2.31. The van der Waals surface area contributed by atoms with Crippen LogP contribution in [0.2, 0.25) is 0 Å². The van der Waals surface area contributed by atoms with Crippen LogP contribution in [0.25, 0.3) is 17.0 Å². The third kappa shape index (κ3) is 4.41. The molecule has 0 N–H and O–H groups in total. The van der Waals surface area contributed by atoms with E-state index >= 15 is 0 Å². The van der Waals surface area contributed by atoms with E-state index in [4.69, 9.17) is 9.78 Å². The molecule has 0 atom stereocenters. The van der Waals surface area contributed by atoms with Crippen LogP contribution in [0.3, 0.4) is 0 Å². The van der Waals surface area contributed by atoms with Gasteiger partial charge in [-0.25, -0.2) is 4.39 Å². The van der Waals surface area contributed by atoms with E-state index < -0.39 is 17.6 Å². The summed E-state index contributed by atoms with van der Waals surface area (Å²) in [5.41, 5.74) is -1.05. The standard InChI is InChI=1S/C17H11F4N3O/c1-3-14(18)5-4-10(2)15-23-16(25-24-15)12-6-11(9-22)7-13(8-12)17(19,20)21/h3-8H,2H2,1H3/b5-4-,14-3+. The van der Waals surface area contributed by atoms with E-state index in [9.17, 15) is 17.6 Å². The molecule has 2 rings (SSSR count). The van der Waals surface area contributed by atoms with Crippen LogP contribution in [0.15, 0.2) is 53.4 Å². The molecule has 0 spiro atoms. The summed E-state index contributed by atoms with van der Waals surface area (Å²) in [5.74, 6) is -0.717. The largest absolute Gasteiger partial charge is 0.416 e. The molecule has 0 unspecified atom stereocenters. The molecule has 2 aromatic rings. The minimum absolute atomic E-state index is 0.00827. The molecular formula is C17H11F4N3O. The second-order valence-electron chi connectivity index (χ2n) is 4.86. The number of halogens is 4. The van der Waals surface area contributed by atoms with Crippen molar-refractivity contribution in [3.8, 4) is 17.5 Å². The average Bonchev–Trinajstić information content (AvgIpc) is 3.08. The van der Waals surface area contributed by atoms with Crippen molar-refractivity contribution in [1.82, 2.24) is 10.1 Å². The van der Waals surface area contributed by atoms with Gasteiger partial charge in [0.25, 0.3) is 5.89 Å². The summed E-state index contributed by atoms with van der Waals surface area (Å²) in [6, 6.07) is 4.38. The molecule has 0 aliphatic rings. The van der Waals surface area contributed by atoms with Gasteiger partial charge in [-0.3, -0.25) is 0 Å². The van der Waals surface area contributed by atoms with Gasteiger partial charge in [0.2, 0.25) is 5.82 Å². The lowest BCUT2D eigenvalue weighted by Crippen LogP contribution is -2.05. The number of benzene rings is 1. The summed E-state index contributed by atoms with van der Waals surface area (Å²) < 4.78 is 56.7. The van der Waals surface area contributed by atoms with Crippen LogP contribution in [-0.2, 0) is 6.18 Å². The van der Waals surface area contributed by atoms with E-state index in [1.54, 1.807) is 6.07 Å². The van der Waals surface area contributed by atoms with Crippen LogP contribution in [0, 0.1) is 11.3 Å². The molecular weight excluding hydrogens is 338 g/mol. The maximum Gasteiger partial charge on any atom is 0.416 e. The first-order valence-corrected chi connectivity index (χ1v) is 6.90. The molecule has 0 aliphatic carbocycles. The zero-order valence-electron chi connectivity index (χ0n) is 12.9. The molecule has 0 saturated heterocycles. The van der Waals surface area contributed by atoms with Crippen molar-refractivity contribution in [2.45, 2.75) is 13.1 Å². The molecule has 0 bridgehead atoms. The SMILES string of the molecule is C=C(/C=C\C(F)=C/C)c1noc(-c2cc(C#N)cc(C(F)(F)F)c2)n1. The van der Waals surface area contributed by atoms with E-state index in [1.807, 2.05) is 0 Å². The molecule has 0 saturated carbocycles. The zero-order valence-corrected chi connectivity index (χ0v) is 12.9. The highest BCUT2D eigenvalue weighted by Crippen LogP contribution is 2.33. The average molecular weight is 349 g/mol. The van der Waals surface area contributed by atoms with E-state index in [0.29, 0.717) is 0 Å². The fraction of sp³-hybridized carbons (Fsp3) is 0.118. The Morgan fingerprint density at radius 1 is 1.28 bits per heavy atom. The minimum atomic E-state index is -4.62. The van der Waals surface area contributed by atoms with Gasteiger partial charge in [0.15, 0.2) is 0 Å². The Bertz CT molecular complexity index is 901. The van der Waals surface area contributed by atoms with Gasteiger partial charge in [-0.15, -0.1) is 0 Å². The maximum absolute atomic E-state index is 13.0. The zero-order chi connectivity index (χ0) is 18.6. The van der Waals surface area contributed by atoms with Crippen molar-refractivity contribution in [1.29, 1.82) is 5.26 Å². The van der Waals surface area contributed by atoms with E-state index in [0.717, 1.165) is 18.2 Å². The van der Waals surface area contributed by atoms with Crippen molar-refractivity contribution in [3.63, 3.8) is 0 Å². The van der Waals surface area contributed by atoms with Gasteiger partial charge in [-0.2, -0.15) is 23.4 Å². The van der Waals surface area contributed by atoms with E-state index in [1.165, 1.54) is 25.1 Å². The Labute approximate surface area is 140 Å². The number of rotatable bonds is 4. The van der Waals surface area contributed by atoms with Crippen LogP contribution in [0.4, 0.5) is 17.6 Å². The fourth-order valence-electron chi connectivity index (χ4n) is 1.80. The molecule has 128 valence electrons. The Morgan fingerprint density at radius 2 is 2.00 bits per heavy atom. The van der Waals surface area contributed by atoms with Gasteiger partial charge >= 0.3 is 6.18 Å². The highest BCUT2D eigenvalue weighted by molar-refractivity contribution is 5.69. The Kier molecular flexibility index (Phi) is 5.17. The van der Waals surface area contributed by atoms with Crippen LogP contribution in [0.5, 0.6) is 0 Å². The molecule has 1 aromatic carbocycles. The lowest BCUT2D eigenvalue weighted by Gasteiger charge is -2.07. The van der Waals surface area contributed by atoms with E-state index in [-0.39, 0.29) is 28.4 Å². The number of aromatic nitrogens is 2.